The van der Waals surface area contributed by atoms with Gasteiger partial charge in [-0.05, 0) is 119 Å². The summed E-state index contributed by atoms with van der Waals surface area (Å²) in [7, 11) is -11.6. The summed E-state index contributed by atoms with van der Waals surface area (Å²) in [6.07, 6.45) is 0. The number of hydrogen-bond acceptors (Lipinski definition) is 6. The predicted molar refractivity (Wildman–Crippen MR) is 194 cm³/mol. The Labute approximate surface area is 295 Å². The molecular formula is C36H26Cl2N2O6S3. The number of halogens is 2. The van der Waals surface area contributed by atoms with Gasteiger partial charge < -0.3 is 0 Å². The largest absolute Gasteiger partial charge is 0.280 e. The lowest BCUT2D eigenvalue weighted by atomic mass is 10.1. The minimum absolute atomic E-state index is 0.0658. The van der Waals surface area contributed by atoms with E-state index in [2.05, 4.69) is 9.44 Å². The van der Waals surface area contributed by atoms with Crippen LogP contribution in [0, 0.1) is 0 Å². The number of benzene rings is 6. The Hall–Kier alpha value is -4.65. The van der Waals surface area contributed by atoms with Crippen LogP contribution in [0.1, 0.15) is 0 Å². The SMILES string of the molecule is O=S(=O)(Nc1cccc(-c2ccc(S(=O)(=O)c3ccc(-c4cccc(NS(=O)(=O)c5ccc(Cl)cc5)c4)cc3)cc2)c1)c1ccc(Cl)cc1. The molecule has 0 aliphatic rings. The Balaban J connectivity index is 1.17. The normalized spacial score (nSPS) is 12.0. The number of hydrogen-bond donors (Lipinski definition) is 2. The van der Waals surface area contributed by atoms with E-state index in [1.807, 2.05) is 0 Å². The van der Waals surface area contributed by atoms with Crippen molar-refractivity contribution in [2.24, 2.45) is 0 Å². The van der Waals surface area contributed by atoms with Gasteiger partial charge in [0.05, 0.1) is 19.6 Å². The average Bonchev–Trinajstić information content (AvgIpc) is 3.09. The van der Waals surface area contributed by atoms with E-state index >= 15 is 0 Å². The lowest BCUT2D eigenvalue weighted by Crippen LogP contribution is -2.12. The van der Waals surface area contributed by atoms with E-state index in [1.165, 1.54) is 72.8 Å². The fourth-order valence-corrected chi connectivity index (χ4v) is 8.58. The molecule has 0 unspecified atom stereocenters. The molecule has 0 saturated heterocycles. The molecule has 0 aliphatic carbocycles. The number of anilines is 2. The van der Waals surface area contributed by atoms with Crippen molar-refractivity contribution < 1.29 is 25.3 Å². The summed E-state index contributed by atoms with van der Waals surface area (Å²) in [5.41, 5.74) is 3.42. The number of sulfone groups is 1. The van der Waals surface area contributed by atoms with Crippen LogP contribution < -0.4 is 9.44 Å². The minimum Gasteiger partial charge on any atom is -0.280 e. The summed E-state index contributed by atoms with van der Waals surface area (Å²) in [6, 6.07) is 37.8. The number of sulfonamides is 2. The monoisotopic (exact) mass is 748 g/mol. The molecular weight excluding hydrogens is 724 g/mol. The van der Waals surface area contributed by atoms with Crippen molar-refractivity contribution in [2.45, 2.75) is 19.6 Å². The molecule has 0 saturated carbocycles. The fourth-order valence-electron chi connectivity index (χ4n) is 4.97. The molecule has 0 radical (unpaired) electrons. The smallest absolute Gasteiger partial charge is 0.261 e. The summed E-state index contributed by atoms with van der Waals surface area (Å²) < 4.78 is 83.4. The topological polar surface area (TPSA) is 126 Å². The van der Waals surface area contributed by atoms with Gasteiger partial charge in [-0.25, -0.2) is 25.3 Å². The quantitative estimate of drug-likeness (QED) is 0.144. The Morgan fingerprint density at radius 3 is 1.04 bits per heavy atom. The van der Waals surface area contributed by atoms with Gasteiger partial charge in [0.15, 0.2) is 0 Å². The van der Waals surface area contributed by atoms with Gasteiger partial charge in [-0.1, -0.05) is 71.7 Å². The van der Waals surface area contributed by atoms with Gasteiger partial charge in [0.1, 0.15) is 0 Å². The highest BCUT2D eigenvalue weighted by atomic mass is 35.5. The zero-order valence-electron chi connectivity index (χ0n) is 25.3. The molecule has 6 aromatic carbocycles. The molecule has 248 valence electrons. The summed E-state index contributed by atoms with van der Waals surface area (Å²) in [5.74, 6) is 0. The lowest BCUT2D eigenvalue weighted by Gasteiger charge is -2.11. The zero-order valence-corrected chi connectivity index (χ0v) is 29.2. The molecule has 0 fully saturated rings. The molecule has 13 heteroatoms. The fraction of sp³-hybridized carbons (Fsp3) is 0. The maximum absolute atomic E-state index is 13.5. The highest BCUT2D eigenvalue weighted by molar-refractivity contribution is 7.93. The molecule has 6 rings (SSSR count). The van der Waals surface area contributed by atoms with Crippen LogP contribution in [0.25, 0.3) is 22.3 Å². The van der Waals surface area contributed by atoms with Crippen LogP contribution in [0.4, 0.5) is 11.4 Å². The van der Waals surface area contributed by atoms with E-state index in [1.54, 1.807) is 72.8 Å². The van der Waals surface area contributed by atoms with Gasteiger partial charge in [-0.15, -0.1) is 0 Å². The molecule has 0 aliphatic heterocycles. The molecule has 0 heterocycles. The van der Waals surface area contributed by atoms with Crippen molar-refractivity contribution in [1.82, 2.24) is 0 Å². The first-order chi connectivity index (χ1) is 23.3. The Kier molecular flexibility index (Phi) is 9.56. The predicted octanol–water partition coefficient (Wildman–Crippen LogP) is 8.76. The van der Waals surface area contributed by atoms with Crippen LogP contribution in [0.15, 0.2) is 165 Å². The summed E-state index contributed by atoms with van der Waals surface area (Å²) in [5, 5.41) is 0.844. The molecule has 8 nitrogen and oxygen atoms in total. The van der Waals surface area contributed by atoms with Gasteiger partial charge in [0, 0.05) is 21.4 Å². The maximum atomic E-state index is 13.5. The second kappa shape index (κ2) is 13.7. The highest BCUT2D eigenvalue weighted by Crippen LogP contribution is 2.30. The van der Waals surface area contributed by atoms with E-state index in [0.717, 1.165) is 0 Å². The first kappa shape index (κ1) is 34.2. The Bertz CT molecular complexity index is 2300. The maximum Gasteiger partial charge on any atom is 0.261 e. The molecule has 0 aromatic heterocycles. The van der Waals surface area contributed by atoms with Gasteiger partial charge in [-0.2, -0.15) is 0 Å². The van der Waals surface area contributed by atoms with E-state index in [0.29, 0.717) is 43.7 Å². The molecule has 0 bridgehead atoms. The van der Waals surface area contributed by atoms with Crippen LogP contribution in [-0.4, -0.2) is 25.3 Å². The van der Waals surface area contributed by atoms with Crippen LogP contribution in [0.2, 0.25) is 10.0 Å². The molecule has 0 spiro atoms. The van der Waals surface area contributed by atoms with Crippen LogP contribution in [0.3, 0.4) is 0 Å². The third-order valence-electron chi connectivity index (χ3n) is 7.47. The second-order valence-corrected chi connectivity index (χ2v) is 17.0. The zero-order chi connectivity index (χ0) is 34.8. The Morgan fingerprint density at radius 2 is 0.694 bits per heavy atom. The van der Waals surface area contributed by atoms with E-state index < -0.39 is 29.9 Å². The summed E-state index contributed by atoms with van der Waals surface area (Å²) >= 11 is 11.8. The average molecular weight is 750 g/mol. The third kappa shape index (κ3) is 7.82. The van der Waals surface area contributed by atoms with E-state index in [9.17, 15) is 25.3 Å². The molecule has 2 N–H and O–H groups in total. The lowest BCUT2D eigenvalue weighted by molar-refractivity contribution is 0.595. The van der Waals surface area contributed by atoms with Crippen molar-refractivity contribution >= 4 is 64.5 Å². The van der Waals surface area contributed by atoms with Crippen LogP contribution >= 0.6 is 23.2 Å². The molecule has 0 amide bonds. The van der Waals surface area contributed by atoms with Crippen molar-refractivity contribution in [3.63, 3.8) is 0 Å². The van der Waals surface area contributed by atoms with Crippen molar-refractivity contribution in [3.05, 3.63) is 156 Å². The van der Waals surface area contributed by atoms with Crippen molar-refractivity contribution in [2.75, 3.05) is 9.44 Å². The van der Waals surface area contributed by atoms with Crippen LogP contribution in [0.5, 0.6) is 0 Å². The summed E-state index contributed by atoms with van der Waals surface area (Å²) in [4.78, 5) is 0.302. The van der Waals surface area contributed by atoms with Gasteiger partial charge in [-0.3, -0.25) is 9.44 Å². The summed E-state index contributed by atoms with van der Waals surface area (Å²) in [6.45, 7) is 0. The van der Waals surface area contributed by atoms with Gasteiger partial charge >= 0.3 is 0 Å². The highest BCUT2D eigenvalue weighted by Gasteiger charge is 2.19. The van der Waals surface area contributed by atoms with Gasteiger partial charge in [0.2, 0.25) is 9.84 Å². The van der Waals surface area contributed by atoms with Crippen molar-refractivity contribution in [3.8, 4) is 22.3 Å². The first-order valence-corrected chi connectivity index (χ1v) is 19.7. The third-order valence-corrected chi connectivity index (χ3v) is 12.6. The molecule has 6 aromatic rings. The Morgan fingerprint density at radius 1 is 0.367 bits per heavy atom. The molecule has 0 atom stereocenters. The first-order valence-electron chi connectivity index (χ1n) is 14.5. The minimum atomic E-state index is -3.87. The second-order valence-electron chi connectivity index (χ2n) is 10.8. The number of rotatable bonds is 10. The standard InChI is InChI=1S/C36H26Cl2N2O6S3/c37-29-11-19-35(20-12-29)48(43,44)39-31-5-1-3-27(23-31)25-7-15-33(16-8-25)47(41,42)34-17-9-26(10-18-34)28-4-2-6-32(24-28)40-49(45,46)36-21-13-30(38)14-22-36/h1-24,39-40H. The number of nitrogens with one attached hydrogen (secondary N) is 2. The van der Waals surface area contributed by atoms with Crippen molar-refractivity contribution in [1.29, 1.82) is 0 Å². The van der Waals surface area contributed by atoms with E-state index in [-0.39, 0.29) is 19.6 Å². The van der Waals surface area contributed by atoms with Crippen LogP contribution in [-0.2, 0) is 29.9 Å². The van der Waals surface area contributed by atoms with E-state index in [4.69, 9.17) is 23.2 Å². The van der Waals surface area contributed by atoms with Gasteiger partial charge in [0.25, 0.3) is 20.0 Å². The molecule has 49 heavy (non-hydrogen) atoms.